The second-order valence-corrected chi connectivity index (χ2v) is 13.0. The average Bonchev–Trinajstić information content (AvgIpc) is 2.70. The van der Waals surface area contributed by atoms with Gasteiger partial charge in [-0.25, -0.2) is 0 Å². The molecule has 1 atom stereocenters. The lowest BCUT2D eigenvalue weighted by Crippen LogP contribution is -2.49. The van der Waals surface area contributed by atoms with Crippen LogP contribution < -0.4 is 0 Å². The summed E-state index contributed by atoms with van der Waals surface area (Å²) in [5.74, 6) is 0. The third-order valence-electron chi connectivity index (χ3n) is 6.36. The van der Waals surface area contributed by atoms with Gasteiger partial charge >= 0.3 is 7.60 Å². The predicted molar refractivity (Wildman–Crippen MR) is 142 cm³/mol. The summed E-state index contributed by atoms with van der Waals surface area (Å²) < 4.78 is 12.1. The standard InChI is InChI=1S/C27H56NO4P/c1-5-6-7-8-9-10-11-12-13-14-15-16-17-18-19-20-21-22-23-24-25-27(29,33(30,31)32)26-28(2,3)4/h10-11,29H,5-9,12-26H2,1-4H3,(H-,30,31,32)/p+1/b11-10-. The maximum absolute atomic E-state index is 11.8. The van der Waals surface area contributed by atoms with E-state index in [1.807, 2.05) is 21.1 Å². The zero-order valence-corrected chi connectivity index (χ0v) is 23.3. The fourth-order valence-corrected chi connectivity index (χ4v) is 5.50. The van der Waals surface area contributed by atoms with Gasteiger partial charge in [0.2, 0.25) is 5.34 Å². The lowest BCUT2D eigenvalue weighted by atomic mass is 10.0. The molecule has 3 N–H and O–H groups in total. The highest BCUT2D eigenvalue weighted by Crippen LogP contribution is 2.52. The first kappa shape index (κ1) is 32.8. The number of aliphatic hydroxyl groups is 1. The van der Waals surface area contributed by atoms with Crippen LogP contribution in [0.1, 0.15) is 129 Å². The van der Waals surface area contributed by atoms with Gasteiger partial charge in [-0.2, -0.15) is 0 Å². The monoisotopic (exact) mass is 490 g/mol. The molecule has 1 unspecified atom stereocenters. The number of nitrogens with zero attached hydrogens (tertiary/aromatic N) is 1. The molecule has 0 radical (unpaired) electrons. The zero-order valence-electron chi connectivity index (χ0n) is 22.4. The quantitative estimate of drug-likeness (QED) is 0.0598. The molecule has 0 aliphatic carbocycles. The van der Waals surface area contributed by atoms with E-state index in [9.17, 15) is 19.5 Å². The summed E-state index contributed by atoms with van der Waals surface area (Å²) in [6.07, 6.45) is 27.3. The van der Waals surface area contributed by atoms with Crippen LogP contribution in [-0.4, -0.2) is 52.4 Å². The molecule has 0 saturated carbocycles. The highest BCUT2D eigenvalue weighted by molar-refractivity contribution is 7.53. The molecule has 0 aromatic carbocycles. The van der Waals surface area contributed by atoms with Gasteiger partial charge in [0.1, 0.15) is 6.54 Å². The number of rotatable bonds is 23. The molecule has 0 spiro atoms. The number of likely N-dealkylation sites (N-methyl/N-ethyl adjacent to an activating group) is 1. The van der Waals surface area contributed by atoms with E-state index in [4.69, 9.17) is 0 Å². The second kappa shape index (κ2) is 19.1. The summed E-state index contributed by atoms with van der Waals surface area (Å²) in [5.41, 5.74) is 0. The molecule has 0 aromatic heterocycles. The minimum Gasteiger partial charge on any atom is -0.373 e. The van der Waals surface area contributed by atoms with Crippen LogP contribution in [0.3, 0.4) is 0 Å². The molecule has 0 aliphatic heterocycles. The Morgan fingerprint density at radius 2 is 1.03 bits per heavy atom. The molecule has 0 rings (SSSR count). The van der Waals surface area contributed by atoms with Crippen molar-refractivity contribution in [2.24, 2.45) is 0 Å². The summed E-state index contributed by atoms with van der Waals surface area (Å²) in [5, 5.41) is 8.65. The fourth-order valence-electron chi connectivity index (χ4n) is 4.44. The van der Waals surface area contributed by atoms with Gasteiger partial charge in [-0.15, -0.1) is 0 Å². The first-order valence-electron chi connectivity index (χ1n) is 13.8. The van der Waals surface area contributed by atoms with Crippen LogP contribution in [0.4, 0.5) is 0 Å². The molecule has 0 heterocycles. The lowest BCUT2D eigenvalue weighted by Gasteiger charge is -2.35. The Morgan fingerprint density at radius 1 is 0.667 bits per heavy atom. The van der Waals surface area contributed by atoms with Crippen molar-refractivity contribution in [1.29, 1.82) is 0 Å². The van der Waals surface area contributed by atoms with Gasteiger partial charge in [0.25, 0.3) is 0 Å². The fraction of sp³-hybridized carbons (Fsp3) is 0.926. The number of hydrogen-bond acceptors (Lipinski definition) is 2. The van der Waals surface area contributed by atoms with E-state index in [0.717, 1.165) is 12.8 Å². The third kappa shape index (κ3) is 19.8. The number of allylic oxidation sites excluding steroid dienone is 2. The molecular formula is C27H57NO4P+. The van der Waals surface area contributed by atoms with Crippen LogP contribution in [0.5, 0.6) is 0 Å². The highest BCUT2D eigenvalue weighted by Gasteiger charge is 2.48. The molecule has 198 valence electrons. The summed E-state index contributed by atoms with van der Waals surface area (Å²) in [7, 11) is 0.985. The van der Waals surface area contributed by atoms with Crippen LogP contribution in [0.15, 0.2) is 12.2 Å². The van der Waals surface area contributed by atoms with Crippen molar-refractivity contribution in [2.45, 2.75) is 134 Å². The molecule has 5 nitrogen and oxygen atoms in total. The van der Waals surface area contributed by atoms with Crippen LogP contribution in [0, 0.1) is 0 Å². The van der Waals surface area contributed by atoms with Crippen molar-refractivity contribution in [3.05, 3.63) is 12.2 Å². The number of quaternary nitrogens is 1. The summed E-state index contributed by atoms with van der Waals surface area (Å²) in [4.78, 5) is 19.2. The molecule has 0 fully saturated rings. The SMILES string of the molecule is CCCCCC/C=C\CCCCCCCCCCCCCCC(O)(C[N+](C)(C)C)P(=O)(O)O. The second-order valence-electron chi connectivity index (χ2n) is 11.1. The van der Waals surface area contributed by atoms with E-state index in [2.05, 4.69) is 19.1 Å². The highest BCUT2D eigenvalue weighted by atomic mass is 31.2. The number of unbranched alkanes of at least 4 members (excludes halogenated alkanes) is 16. The molecule has 0 bridgehead atoms. The Labute approximate surface area is 205 Å². The van der Waals surface area contributed by atoms with E-state index >= 15 is 0 Å². The molecule has 0 saturated heterocycles. The Kier molecular flexibility index (Phi) is 18.9. The molecule has 0 aromatic rings. The molecule has 0 amide bonds. The Hall–Kier alpha value is -0.190. The number of hydrogen-bond donors (Lipinski definition) is 3. The van der Waals surface area contributed by atoms with Crippen molar-refractivity contribution in [2.75, 3.05) is 27.7 Å². The summed E-state index contributed by atoms with van der Waals surface area (Å²) in [6.45, 7) is 2.32. The van der Waals surface area contributed by atoms with E-state index in [1.165, 1.54) is 96.3 Å². The van der Waals surface area contributed by atoms with Gasteiger partial charge < -0.3 is 19.4 Å². The van der Waals surface area contributed by atoms with Crippen molar-refractivity contribution >= 4 is 7.60 Å². The van der Waals surface area contributed by atoms with Crippen molar-refractivity contribution < 1.29 is 23.9 Å². The summed E-state index contributed by atoms with van der Waals surface area (Å²) >= 11 is 0. The van der Waals surface area contributed by atoms with Gasteiger partial charge in [0.05, 0.1) is 21.1 Å². The van der Waals surface area contributed by atoms with Crippen LogP contribution in [-0.2, 0) is 4.57 Å². The van der Waals surface area contributed by atoms with Crippen LogP contribution in [0.25, 0.3) is 0 Å². The summed E-state index contributed by atoms with van der Waals surface area (Å²) in [6, 6.07) is 0. The van der Waals surface area contributed by atoms with E-state index in [1.54, 1.807) is 0 Å². The normalized spacial score (nSPS) is 14.8. The zero-order chi connectivity index (χ0) is 25.1. The van der Waals surface area contributed by atoms with Gasteiger partial charge in [-0.05, 0) is 38.5 Å². The Morgan fingerprint density at radius 3 is 1.39 bits per heavy atom. The van der Waals surface area contributed by atoms with Crippen molar-refractivity contribution in [1.82, 2.24) is 0 Å². The Balaban J connectivity index is 3.54. The molecule has 33 heavy (non-hydrogen) atoms. The predicted octanol–water partition coefficient (Wildman–Crippen LogP) is 7.55. The van der Waals surface area contributed by atoms with Crippen LogP contribution >= 0.6 is 7.60 Å². The lowest BCUT2D eigenvalue weighted by molar-refractivity contribution is -0.875. The van der Waals surface area contributed by atoms with E-state index in [-0.39, 0.29) is 13.0 Å². The minimum absolute atomic E-state index is 0.0626. The molecule has 6 heteroatoms. The smallest absolute Gasteiger partial charge is 0.362 e. The Bertz CT molecular complexity index is 527. The molecule has 0 aliphatic rings. The van der Waals surface area contributed by atoms with Gasteiger partial charge in [-0.3, -0.25) is 4.57 Å². The van der Waals surface area contributed by atoms with Crippen molar-refractivity contribution in [3.63, 3.8) is 0 Å². The topological polar surface area (TPSA) is 77.8 Å². The maximum Gasteiger partial charge on any atom is 0.362 e. The third-order valence-corrected chi connectivity index (χ3v) is 7.81. The first-order chi connectivity index (χ1) is 15.5. The largest absolute Gasteiger partial charge is 0.373 e. The minimum atomic E-state index is -4.54. The first-order valence-corrected chi connectivity index (χ1v) is 15.4. The van der Waals surface area contributed by atoms with E-state index in [0.29, 0.717) is 10.9 Å². The van der Waals surface area contributed by atoms with E-state index < -0.39 is 12.9 Å². The van der Waals surface area contributed by atoms with Gasteiger partial charge in [0, 0.05) is 0 Å². The average molecular weight is 491 g/mol. The van der Waals surface area contributed by atoms with Crippen LogP contribution in [0.2, 0.25) is 0 Å². The van der Waals surface area contributed by atoms with Gasteiger partial charge in [0.15, 0.2) is 0 Å². The van der Waals surface area contributed by atoms with Gasteiger partial charge in [-0.1, -0.05) is 103 Å². The maximum atomic E-state index is 11.8. The molecular weight excluding hydrogens is 433 g/mol. The van der Waals surface area contributed by atoms with Crippen molar-refractivity contribution in [3.8, 4) is 0 Å².